The zero-order chi connectivity index (χ0) is 15.8. The number of aryl methyl sites for hydroxylation is 1. The Labute approximate surface area is 139 Å². The molecule has 0 radical (unpaired) electrons. The maximum Gasteiger partial charge on any atom is 0.237 e. The second-order valence-corrected chi connectivity index (χ2v) is 7.43. The van der Waals surface area contributed by atoms with Crippen LogP contribution in [0.1, 0.15) is 40.8 Å². The van der Waals surface area contributed by atoms with Gasteiger partial charge in [0.1, 0.15) is 11.5 Å². The number of nitrogens with zero attached hydrogens (tertiary/aromatic N) is 3. The SMILES string of the molecule is Cc1cc([C@@H]2CCCN2CC(=O)N2CCc3sccc3C2)no1. The van der Waals surface area contributed by atoms with Crippen LogP contribution >= 0.6 is 11.3 Å². The highest BCUT2D eigenvalue weighted by Crippen LogP contribution is 2.31. The van der Waals surface area contributed by atoms with Gasteiger partial charge in [-0.1, -0.05) is 5.16 Å². The minimum Gasteiger partial charge on any atom is -0.361 e. The molecule has 1 saturated heterocycles. The molecule has 1 amide bonds. The Bertz CT molecular complexity index is 708. The summed E-state index contributed by atoms with van der Waals surface area (Å²) in [5, 5.41) is 6.28. The number of aromatic nitrogens is 1. The van der Waals surface area contributed by atoms with E-state index in [9.17, 15) is 4.79 Å². The molecule has 6 heteroatoms. The van der Waals surface area contributed by atoms with Crippen LogP contribution in [0.3, 0.4) is 0 Å². The van der Waals surface area contributed by atoms with Gasteiger partial charge in [0.25, 0.3) is 0 Å². The number of carbonyl (C=O) groups is 1. The van der Waals surface area contributed by atoms with Crippen LogP contribution < -0.4 is 0 Å². The van der Waals surface area contributed by atoms with Gasteiger partial charge in [-0.05, 0) is 49.7 Å². The van der Waals surface area contributed by atoms with Crippen LogP contribution in [0.4, 0.5) is 0 Å². The lowest BCUT2D eigenvalue weighted by Crippen LogP contribution is -2.42. The number of rotatable bonds is 3. The summed E-state index contributed by atoms with van der Waals surface area (Å²) in [6.45, 7) is 4.95. The molecule has 4 heterocycles. The molecule has 2 aromatic rings. The molecule has 23 heavy (non-hydrogen) atoms. The van der Waals surface area contributed by atoms with Gasteiger partial charge in [-0.15, -0.1) is 11.3 Å². The summed E-state index contributed by atoms with van der Waals surface area (Å²) in [5.74, 6) is 1.06. The smallest absolute Gasteiger partial charge is 0.237 e. The molecular formula is C17H21N3O2S. The molecule has 122 valence electrons. The molecule has 0 unspecified atom stereocenters. The van der Waals surface area contributed by atoms with E-state index >= 15 is 0 Å². The molecule has 5 nitrogen and oxygen atoms in total. The number of likely N-dealkylation sites (tertiary alicyclic amines) is 1. The Morgan fingerprint density at radius 1 is 1.48 bits per heavy atom. The third-order valence-corrected chi connectivity index (χ3v) is 5.87. The van der Waals surface area contributed by atoms with Gasteiger partial charge in [-0.2, -0.15) is 0 Å². The van der Waals surface area contributed by atoms with Crippen molar-refractivity contribution < 1.29 is 9.32 Å². The Morgan fingerprint density at radius 2 is 2.39 bits per heavy atom. The molecule has 0 N–H and O–H groups in total. The lowest BCUT2D eigenvalue weighted by Gasteiger charge is -2.30. The maximum absolute atomic E-state index is 12.7. The molecule has 2 aliphatic rings. The molecule has 4 rings (SSSR count). The topological polar surface area (TPSA) is 49.6 Å². The van der Waals surface area contributed by atoms with Gasteiger partial charge in [0.05, 0.1) is 12.6 Å². The third-order valence-electron chi connectivity index (χ3n) is 4.85. The number of carbonyl (C=O) groups excluding carboxylic acids is 1. The monoisotopic (exact) mass is 331 g/mol. The molecule has 1 fully saturated rings. The van der Waals surface area contributed by atoms with E-state index in [0.717, 1.165) is 50.4 Å². The number of hydrogen-bond acceptors (Lipinski definition) is 5. The fraction of sp³-hybridized carbons (Fsp3) is 0.529. The fourth-order valence-corrected chi connectivity index (χ4v) is 4.52. The van der Waals surface area contributed by atoms with E-state index < -0.39 is 0 Å². The first-order valence-corrected chi connectivity index (χ1v) is 9.09. The van der Waals surface area contributed by atoms with Crippen LogP contribution in [0.2, 0.25) is 0 Å². The van der Waals surface area contributed by atoms with Crippen molar-refractivity contribution >= 4 is 17.2 Å². The summed E-state index contributed by atoms with van der Waals surface area (Å²) in [5.41, 5.74) is 2.28. The summed E-state index contributed by atoms with van der Waals surface area (Å²) in [6.07, 6.45) is 3.15. The predicted octanol–water partition coefficient (Wildman–Crippen LogP) is 2.77. The highest BCUT2D eigenvalue weighted by molar-refractivity contribution is 7.10. The van der Waals surface area contributed by atoms with Gasteiger partial charge in [0, 0.05) is 24.0 Å². The van der Waals surface area contributed by atoms with Gasteiger partial charge in [-0.25, -0.2) is 0 Å². The molecule has 0 aromatic carbocycles. The minimum absolute atomic E-state index is 0.220. The molecule has 2 aliphatic heterocycles. The van der Waals surface area contributed by atoms with E-state index in [2.05, 4.69) is 21.5 Å². The fourth-order valence-electron chi connectivity index (χ4n) is 3.63. The van der Waals surface area contributed by atoms with Crippen molar-refractivity contribution in [1.82, 2.24) is 15.0 Å². The molecule has 1 atom stereocenters. The van der Waals surface area contributed by atoms with E-state index in [4.69, 9.17) is 4.52 Å². The van der Waals surface area contributed by atoms with Crippen LogP contribution in [-0.4, -0.2) is 40.5 Å². The van der Waals surface area contributed by atoms with Gasteiger partial charge >= 0.3 is 0 Å². The van der Waals surface area contributed by atoms with Crippen LogP contribution in [0, 0.1) is 6.92 Å². The molecule has 0 spiro atoms. The first-order chi connectivity index (χ1) is 11.2. The molecule has 0 bridgehead atoms. The van der Waals surface area contributed by atoms with Crippen molar-refractivity contribution in [2.24, 2.45) is 0 Å². The second-order valence-electron chi connectivity index (χ2n) is 6.43. The lowest BCUT2D eigenvalue weighted by atomic mass is 10.1. The zero-order valence-electron chi connectivity index (χ0n) is 13.3. The van der Waals surface area contributed by atoms with Crippen molar-refractivity contribution in [3.05, 3.63) is 39.4 Å². The average molecular weight is 331 g/mol. The molecule has 0 aliphatic carbocycles. The Morgan fingerprint density at radius 3 is 3.22 bits per heavy atom. The molecular weight excluding hydrogens is 310 g/mol. The minimum atomic E-state index is 0.220. The average Bonchev–Trinajstić information content (AvgIpc) is 3.26. The Kier molecular flexibility index (Phi) is 3.95. The van der Waals surface area contributed by atoms with Crippen LogP contribution in [-0.2, 0) is 17.8 Å². The van der Waals surface area contributed by atoms with Crippen LogP contribution in [0.15, 0.2) is 22.0 Å². The van der Waals surface area contributed by atoms with Crippen molar-refractivity contribution in [1.29, 1.82) is 0 Å². The van der Waals surface area contributed by atoms with Crippen molar-refractivity contribution in [2.45, 2.75) is 38.8 Å². The van der Waals surface area contributed by atoms with E-state index in [-0.39, 0.29) is 11.9 Å². The van der Waals surface area contributed by atoms with Gasteiger partial charge < -0.3 is 9.42 Å². The van der Waals surface area contributed by atoms with Crippen LogP contribution in [0.5, 0.6) is 0 Å². The highest BCUT2D eigenvalue weighted by atomic mass is 32.1. The Hall–Kier alpha value is -1.66. The summed E-state index contributed by atoms with van der Waals surface area (Å²) in [7, 11) is 0. The first-order valence-electron chi connectivity index (χ1n) is 8.21. The summed E-state index contributed by atoms with van der Waals surface area (Å²) in [4.78, 5) is 18.4. The highest BCUT2D eigenvalue weighted by Gasteiger charge is 2.31. The van der Waals surface area contributed by atoms with Gasteiger partial charge in [0.15, 0.2) is 0 Å². The number of fused-ring (bicyclic) bond motifs is 1. The van der Waals surface area contributed by atoms with E-state index in [0.29, 0.717) is 6.54 Å². The first kappa shape index (κ1) is 14.9. The third kappa shape index (κ3) is 2.93. The maximum atomic E-state index is 12.7. The van der Waals surface area contributed by atoms with Gasteiger partial charge in [-0.3, -0.25) is 9.69 Å². The summed E-state index contributed by atoms with van der Waals surface area (Å²) < 4.78 is 5.21. The standard InChI is InChI=1S/C17H21N3O2S/c1-12-9-14(18-22-12)15-3-2-6-19(15)11-17(21)20-7-4-16-13(10-20)5-8-23-16/h5,8-9,15H,2-4,6-7,10-11H2,1H3/t15-/m0/s1. The largest absolute Gasteiger partial charge is 0.361 e. The molecule has 2 aromatic heterocycles. The van der Waals surface area contributed by atoms with Crippen molar-refractivity contribution in [2.75, 3.05) is 19.6 Å². The molecule has 0 saturated carbocycles. The van der Waals surface area contributed by atoms with Crippen molar-refractivity contribution in [3.63, 3.8) is 0 Å². The lowest BCUT2D eigenvalue weighted by molar-refractivity contribution is -0.133. The summed E-state index contributed by atoms with van der Waals surface area (Å²) in [6, 6.07) is 4.36. The predicted molar refractivity (Wildman–Crippen MR) is 88.2 cm³/mol. The number of hydrogen-bond donors (Lipinski definition) is 0. The van der Waals surface area contributed by atoms with E-state index in [1.165, 1.54) is 10.4 Å². The van der Waals surface area contributed by atoms with E-state index in [1.807, 2.05) is 17.9 Å². The quantitative estimate of drug-likeness (QED) is 0.868. The van der Waals surface area contributed by atoms with Crippen LogP contribution in [0.25, 0.3) is 0 Å². The van der Waals surface area contributed by atoms with Gasteiger partial charge in [0.2, 0.25) is 5.91 Å². The number of amides is 1. The summed E-state index contributed by atoms with van der Waals surface area (Å²) >= 11 is 1.80. The van der Waals surface area contributed by atoms with E-state index in [1.54, 1.807) is 11.3 Å². The second kappa shape index (κ2) is 6.09. The Balaban J connectivity index is 1.42. The number of thiophene rings is 1. The van der Waals surface area contributed by atoms with Crippen molar-refractivity contribution in [3.8, 4) is 0 Å². The zero-order valence-corrected chi connectivity index (χ0v) is 14.1. The normalized spacial score (nSPS) is 21.6.